The molecular formula is C15H14F3N. The van der Waals surface area contributed by atoms with Gasteiger partial charge in [0.1, 0.15) is 0 Å². The predicted octanol–water partition coefficient (Wildman–Crippen LogP) is 4.57. The van der Waals surface area contributed by atoms with Crippen molar-refractivity contribution < 1.29 is 13.2 Å². The lowest BCUT2D eigenvalue weighted by Gasteiger charge is -2.12. The van der Waals surface area contributed by atoms with Crippen LogP contribution in [-0.4, -0.2) is 0 Å². The number of alkyl halides is 3. The lowest BCUT2D eigenvalue weighted by atomic mass is 9.98. The molecule has 19 heavy (non-hydrogen) atoms. The summed E-state index contributed by atoms with van der Waals surface area (Å²) in [7, 11) is 0. The van der Waals surface area contributed by atoms with E-state index in [1.54, 1.807) is 0 Å². The first-order chi connectivity index (χ1) is 8.79. The van der Waals surface area contributed by atoms with Crippen molar-refractivity contribution in [3.05, 3.63) is 53.1 Å². The molecule has 0 amide bonds. The van der Waals surface area contributed by atoms with Gasteiger partial charge in [-0.2, -0.15) is 13.2 Å². The zero-order valence-corrected chi connectivity index (χ0v) is 10.7. The molecule has 0 fully saturated rings. The molecule has 0 saturated heterocycles. The topological polar surface area (TPSA) is 26.0 Å². The van der Waals surface area contributed by atoms with Gasteiger partial charge in [0.05, 0.1) is 5.56 Å². The van der Waals surface area contributed by atoms with Gasteiger partial charge in [-0.25, -0.2) is 0 Å². The quantitative estimate of drug-likeness (QED) is 0.751. The second-order valence-corrected chi connectivity index (χ2v) is 4.60. The molecule has 4 heteroatoms. The highest BCUT2D eigenvalue weighted by Crippen LogP contribution is 2.34. The smallest absolute Gasteiger partial charge is 0.398 e. The van der Waals surface area contributed by atoms with E-state index in [4.69, 9.17) is 5.73 Å². The number of hydrogen-bond acceptors (Lipinski definition) is 1. The maximum absolute atomic E-state index is 12.6. The summed E-state index contributed by atoms with van der Waals surface area (Å²) in [5, 5.41) is 0. The zero-order valence-electron chi connectivity index (χ0n) is 10.7. The molecule has 1 nitrogen and oxygen atoms in total. The van der Waals surface area contributed by atoms with E-state index in [9.17, 15) is 13.2 Å². The van der Waals surface area contributed by atoms with E-state index in [-0.39, 0.29) is 5.69 Å². The Morgan fingerprint density at radius 3 is 2.11 bits per heavy atom. The van der Waals surface area contributed by atoms with E-state index in [2.05, 4.69) is 0 Å². The average Bonchev–Trinajstić information content (AvgIpc) is 2.31. The van der Waals surface area contributed by atoms with Crippen molar-refractivity contribution >= 4 is 5.69 Å². The fraction of sp³-hybridized carbons (Fsp3) is 0.200. The Morgan fingerprint density at radius 1 is 0.895 bits per heavy atom. The Balaban J connectivity index is 2.49. The first-order valence-corrected chi connectivity index (χ1v) is 5.83. The molecule has 0 atom stereocenters. The lowest BCUT2D eigenvalue weighted by molar-refractivity contribution is -0.137. The molecule has 2 rings (SSSR count). The number of hydrogen-bond donors (Lipinski definition) is 1. The Kier molecular flexibility index (Phi) is 3.27. The molecule has 0 aliphatic rings. The van der Waals surface area contributed by atoms with Gasteiger partial charge in [-0.1, -0.05) is 24.3 Å². The minimum Gasteiger partial charge on any atom is -0.398 e. The number of rotatable bonds is 1. The largest absolute Gasteiger partial charge is 0.416 e. The van der Waals surface area contributed by atoms with Crippen LogP contribution in [0.5, 0.6) is 0 Å². The summed E-state index contributed by atoms with van der Waals surface area (Å²) in [5.74, 6) is 0. The molecule has 0 unspecified atom stereocenters. The van der Waals surface area contributed by atoms with Crippen molar-refractivity contribution in [2.75, 3.05) is 5.73 Å². The van der Waals surface area contributed by atoms with Crippen LogP contribution in [0, 0.1) is 13.8 Å². The van der Waals surface area contributed by atoms with E-state index in [0.29, 0.717) is 5.56 Å². The summed E-state index contributed by atoms with van der Waals surface area (Å²) >= 11 is 0. The molecule has 0 spiro atoms. The monoisotopic (exact) mass is 265 g/mol. The van der Waals surface area contributed by atoms with Crippen molar-refractivity contribution in [1.29, 1.82) is 0 Å². The van der Waals surface area contributed by atoms with Gasteiger partial charge in [0.2, 0.25) is 0 Å². The van der Waals surface area contributed by atoms with Crippen LogP contribution < -0.4 is 5.73 Å². The van der Waals surface area contributed by atoms with Gasteiger partial charge in [0.25, 0.3) is 0 Å². The molecule has 0 heterocycles. The maximum atomic E-state index is 12.6. The number of nitrogen functional groups attached to an aromatic ring is 1. The fourth-order valence-corrected chi connectivity index (χ4v) is 1.91. The molecular weight excluding hydrogens is 251 g/mol. The van der Waals surface area contributed by atoms with Gasteiger partial charge in [-0.15, -0.1) is 0 Å². The molecule has 0 saturated carbocycles. The van der Waals surface area contributed by atoms with Gasteiger partial charge in [0, 0.05) is 11.3 Å². The van der Waals surface area contributed by atoms with E-state index in [1.165, 1.54) is 6.07 Å². The summed E-state index contributed by atoms with van der Waals surface area (Å²) < 4.78 is 37.7. The van der Waals surface area contributed by atoms with Crippen LogP contribution in [0.1, 0.15) is 16.7 Å². The van der Waals surface area contributed by atoms with Crippen molar-refractivity contribution in [2.45, 2.75) is 20.0 Å². The van der Waals surface area contributed by atoms with Gasteiger partial charge in [0.15, 0.2) is 0 Å². The molecule has 100 valence electrons. The van der Waals surface area contributed by atoms with Crippen LogP contribution in [0.3, 0.4) is 0 Å². The van der Waals surface area contributed by atoms with Crippen molar-refractivity contribution in [1.82, 2.24) is 0 Å². The Bertz CT molecular complexity index is 615. The summed E-state index contributed by atoms with van der Waals surface area (Å²) in [6.07, 6.45) is -4.37. The standard InChI is InChI=1S/C15H14F3N/c1-9-3-4-11(7-10(9)2)13-6-5-12(8-14(13)19)15(16,17)18/h3-8H,19H2,1-2H3. The summed E-state index contributed by atoms with van der Waals surface area (Å²) in [6, 6.07) is 9.17. The minimum absolute atomic E-state index is 0.137. The Morgan fingerprint density at radius 2 is 1.58 bits per heavy atom. The van der Waals surface area contributed by atoms with E-state index in [1.807, 2.05) is 32.0 Å². The first kappa shape index (κ1) is 13.5. The number of aryl methyl sites for hydroxylation is 2. The molecule has 0 aliphatic heterocycles. The van der Waals surface area contributed by atoms with E-state index in [0.717, 1.165) is 28.8 Å². The second-order valence-electron chi connectivity index (χ2n) is 4.60. The molecule has 0 bridgehead atoms. The van der Waals surface area contributed by atoms with Crippen molar-refractivity contribution in [3.8, 4) is 11.1 Å². The number of halogens is 3. The number of benzene rings is 2. The minimum atomic E-state index is -4.37. The third-order valence-corrected chi connectivity index (χ3v) is 3.20. The first-order valence-electron chi connectivity index (χ1n) is 5.83. The van der Waals surface area contributed by atoms with E-state index >= 15 is 0 Å². The second kappa shape index (κ2) is 4.61. The zero-order chi connectivity index (χ0) is 14.2. The highest BCUT2D eigenvalue weighted by molar-refractivity contribution is 5.77. The summed E-state index contributed by atoms with van der Waals surface area (Å²) in [6.45, 7) is 3.94. The fourth-order valence-electron chi connectivity index (χ4n) is 1.91. The van der Waals surface area contributed by atoms with Crippen LogP contribution in [0.2, 0.25) is 0 Å². The highest BCUT2D eigenvalue weighted by Gasteiger charge is 2.30. The van der Waals surface area contributed by atoms with Gasteiger partial charge < -0.3 is 5.73 Å². The number of nitrogens with two attached hydrogens (primary N) is 1. The van der Waals surface area contributed by atoms with E-state index < -0.39 is 11.7 Å². The summed E-state index contributed by atoms with van der Waals surface area (Å²) in [5.41, 5.74) is 8.81. The molecule has 2 aromatic carbocycles. The van der Waals surface area contributed by atoms with Crippen LogP contribution in [-0.2, 0) is 6.18 Å². The maximum Gasteiger partial charge on any atom is 0.416 e. The van der Waals surface area contributed by atoms with Crippen LogP contribution in [0.25, 0.3) is 11.1 Å². The molecule has 0 radical (unpaired) electrons. The molecule has 0 aliphatic carbocycles. The molecule has 2 N–H and O–H groups in total. The third-order valence-electron chi connectivity index (χ3n) is 3.20. The molecule has 2 aromatic rings. The Hall–Kier alpha value is -1.97. The van der Waals surface area contributed by atoms with Crippen LogP contribution in [0.4, 0.5) is 18.9 Å². The normalized spacial score (nSPS) is 11.6. The van der Waals surface area contributed by atoms with Gasteiger partial charge in [-0.3, -0.25) is 0 Å². The van der Waals surface area contributed by atoms with Crippen LogP contribution >= 0.6 is 0 Å². The third kappa shape index (κ3) is 2.72. The van der Waals surface area contributed by atoms with Gasteiger partial charge in [-0.05, 0) is 42.7 Å². The van der Waals surface area contributed by atoms with Crippen molar-refractivity contribution in [3.63, 3.8) is 0 Å². The van der Waals surface area contributed by atoms with Crippen LogP contribution in [0.15, 0.2) is 36.4 Å². The van der Waals surface area contributed by atoms with Crippen molar-refractivity contribution in [2.24, 2.45) is 0 Å². The average molecular weight is 265 g/mol. The molecule has 0 aromatic heterocycles. The number of anilines is 1. The summed E-state index contributed by atoms with van der Waals surface area (Å²) in [4.78, 5) is 0. The lowest BCUT2D eigenvalue weighted by Crippen LogP contribution is -2.06. The predicted molar refractivity (Wildman–Crippen MR) is 70.8 cm³/mol. The highest BCUT2D eigenvalue weighted by atomic mass is 19.4. The SMILES string of the molecule is Cc1ccc(-c2ccc(C(F)(F)F)cc2N)cc1C. The Labute approximate surface area is 109 Å². The van der Waals surface area contributed by atoms with Gasteiger partial charge >= 0.3 is 6.18 Å².